The molecule has 0 spiro atoms. The van der Waals surface area contributed by atoms with Gasteiger partial charge in [-0.05, 0) is 46.6 Å². The molecular formula is C13H14BrNO3S2. The summed E-state index contributed by atoms with van der Waals surface area (Å²) in [5.74, 6) is 0. The van der Waals surface area contributed by atoms with Crippen LogP contribution in [-0.2, 0) is 16.6 Å². The van der Waals surface area contributed by atoms with Gasteiger partial charge in [0.05, 0.1) is 11.0 Å². The van der Waals surface area contributed by atoms with E-state index in [4.69, 9.17) is 0 Å². The van der Waals surface area contributed by atoms with E-state index in [1.807, 2.05) is 11.4 Å². The minimum atomic E-state index is -3.57. The molecule has 0 aliphatic carbocycles. The van der Waals surface area contributed by atoms with Crippen molar-refractivity contribution >= 4 is 37.3 Å². The summed E-state index contributed by atoms with van der Waals surface area (Å²) in [6.07, 6.45) is -0.696. The molecule has 2 aromatic rings. The Morgan fingerprint density at radius 1 is 1.40 bits per heavy atom. The highest BCUT2D eigenvalue weighted by atomic mass is 79.9. The van der Waals surface area contributed by atoms with E-state index in [9.17, 15) is 13.5 Å². The van der Waals surface area contributed by atoms with Gasteiger partial charge < -0.3 is 5.11 Å². The van der Waals surface area contributed by atoms with Crippen LogP contribution >= 0.6 is 27.3 Å². The van der Waals surface area contributed by atoms with E-state index in [1.165, 1.54) is 23.5 Å². The molecule has 0 aliphatic rings. The van der Waals surface area contributed by atoms with Crippen LogP contribution in [0.4, 0.5) is 0 Å². The second kappa shape index (κ2) is 6.36. The molecule has 0 radical (unpaired) electrons. The predicted octanol–water partition coefficient (Wildman–Crippen LogP) is 3.04. The Hall–Kier alpha value is -0.730. The monoisotopic (exact) mass is 375 g/mol. The molecule has 1 unspecified atom stereocenters. The average molecular weight is 376 g/mol. The first-order chi connectivity index (χ1) is 9.38. The van der Waals surface area contributed by atoms with Gasteiger partial charge in [0.1, 0.15) is 0 Å². The van der Waals surface area contributed by atoms with Crippen LogP contribution in [0.25, 0.3) is 0 Å². The molecule has 0 saturated carbocycles. The number of rotatable bonds is 5. The molecule has 108 valence electrons. The summed E-state index contributed by atoms with van der Waals surface area (Å²) in [6.45, 7) is 1.85. The quantitative estimate of drug-likeness (QED) is 0.843. The second-order valence-electron chi connectivity index (χ2n) is 4.30. The van der Waals surface area contributed by atoms with Crippen molar-refractivity contribution in [3.63, 3.8) is 0 Å². The summed E-state index contributed by atoms with van der Waals surface area (Å²) in [5, 5.41) is 11.4. The highest BCUT2D eigenvalue weighted by Crippen LogP contribution is 2.21. The number of sulfonamides is 1. The maximum Gasteiger partial charge on any atom is 0.240 e. The van der Waals surface area contributed by atoms with Gasteiger partial charge in [0.25, 0.3) is 0 Å². The van der Waals surface area contributed by atoms with Gasteiger partial charge in [0.15, 0.2) is 0 Å². The van der Waals surface area contributed by atoms with E-state index in [0.29, 0.717) is 5.56 Å². The fourth-order valence-corrected chi connectivity index (χ4v) is 4.18. The Morgan fingerprint density at radius 3 is 2.75 bits per heavy atom. The number of aliphatic hydroxyl groups is 1. The fourth-order valence-electron chi connectivity index (χ4n) is 1.64. The molecular weight excluding hydrogens is 362 g/mol. The van der Waals surface area contributed by atoms with Gasteiger partial charge in [-0.3, -0.25) is 0 Å². The third-order valence-electron chi connectivity index (χ3n) is 2.71. The van der Waals surface area contributed by atoms with Crippen LogP contribution in [0.5, 0.6) is 0 Å². The Balaban J connectivity index is 2.15. The van der Waals surface area contributed by atoms with Crippen LogP contribution in [-0.4, -0.2) is 13.5 Å². The first-order valence-electron chi connectivity index (χ1n) is 5.89. The van der Waals surface area contributed by atoms with Crippen LogP contribution in [0.1, 0.15) is 23.5 Å². The summed E-state index contributed by atoms with van der Waals surface area (Å²) in [5.41, 5.74) is 0.576. The molecule has 2 N–H and O–H groups in total. The lowest BCUT2D eigenvalue weighted by Gasteiger charge is -2.09. The van der Waals surface area contributed by atoms with Crippen molar-refractivity contribution in [3.8, 4) is 0 Å². The molecule has 0 bridgehead atoms. The van der Waals surface area contributed by atoms with Crippen molar-refractivity contribution in [2.75, 3.05) is 0 Å². The van der Waals surface area contributed by atoms with Gasteiger partial charge in [-0.15, -0.1) is 11.3 Å². The second-order valence-corrected chi connectivity index (χ2v) is 7.98. The maximum atomic E-state index is 12.2. The molecule has 7 heteroatoms. The number of halogens is 1. The van der Waals surface area contributed by atoms with Crippen LogP contribution in [0.15, 0.2) is 45.1 Å². The molecule has 2 rings (SSSR count). The standard InChI is InChI=1S/C13H14BrNO3S2/c1-9(16)10-3-2-4-13(5-10)20(17,18)15-7-12-6-11(14)8-19-12/h2-6,8-9,15-16H,7H2,1H3. The van der Waals surface area contributed by atoms with Gasteiger partial charge in [0, 0.05) is 21.3 Å². The molecule has 0 fully saturated rings. The number of hydrogen-bond donors (Lipinski definition) is 2. The molecule has 4 nitrogen and oxygen atoms in total. The van der Waals surface area contributed by atoms with E-state index in [1.54, 1.807) is 19.1 Å². The van der Waals surface area contributed by atoms with Crippen molar-refractivity contribution in [1.29, 1.82) is 0 Å². The van der Waals surface area contributed by atoms with Gasteiger partial charge in [-0.1, -0.05) is 12.1 Å². The first kappa shape index (κ1) is 15.7. The molecule has 0 amide bonds. The smallest absolute Gasteiger partial charge is 0.240 e. The average Bonchev–Trinajstić information content (AvgIpc) is 2.82. The SMILES string of the molecule is CC(O)c1cccc(S(=O)(=O)NCc2cc(Br)cs2)c1. The Bertz CT molecular complexity index is 695. The lowest BCUT2D eigenvalue weighted by Crippen LogP contribution is -2.23. The normalized spacial score (nSPS) is 13.3. The summed E-state index contributed by atoms with van der Waals surface area (Å²) < 4.78 is 27.9. The summed E-state index contributed by atoms with van der Waals surface area (Å²) in [4.78, 5) is 1.08. The van der Waals surface area contributed by atoms with Gasteiger partial charge in [-0.25, -0.2) is 13.1 Å². The lowest BCUT2D eigenvalue weighted by molar-refractivity contribution is 0.199. The van der Waals surface area contributed by atoms with Crippen LogP contribution < -0.4 is 4.72 Å². The van der Waals surface area contributed by atoms with Gasteiger partial charge in [-0.2, -0.15) is 0 Å². The van der Waals surface area contributed by atoms with Crippen LogP contribution in [0.3, 0.4) is 0 Å². The topological polar surface area (TPSA) is 66.4 Å². The molecule has 0 aliphatic heterocycles. The van der Waals surface area contributed by atoms with E-state index < -0.39 is 16.1 Å². The number of benzene rings is 1. The summed E-state index contributed by atoms with van der Waals surface area (Å²) in [7, 11) is -3.57. The Labute approximate surface area is 130 Å². The molecule has 1 aromatic carbocycles. The number of hydrogen-bond acceptors (Lipinski definition) is 4. The minimum Gasteiger partial charge on any atom is -0.389 e. The van der Waals surface area contributed by atoms with Crippen molar-refractivity contribution in [3.05, 3.63) is 50.6 Å². The largest absolute Gasteiger partial charge is 0.389 e. The molecule has 1 aromatic heterocycles. The van der Waals surface area contributed by atoms with Crippen molar-refractivity contribution < 1.29 is 13.5 Å². The van der Waals surface area contributed by atoms with E-state index in [2.05, 4.69) is 20.7 Å². The van der Waals surface area contributed by atoms with E-state index in [-0.39, 0.29) is 11.4 Å². The number of thiophene rings is 1. The summed E-state index contributed by atoms with van der Waals surface area (Å²) >= 11 is 4.81. The lowest BCUT2D eigenvalue weighted by atomic mass is 10.1. The summed E-state index contributed by atoms with van der Waals surface area (Å²) in [6, 6.07) is 8.19. The Morgan fingerprint density at radius 2 is 2.15 bits per heavy atom. The van der Waals surface area contributed by atoms with E-state index in [0.717, 1.165) is 9.35 Å². The highest BCUT2D eigenvalue weighted by Gasteiger charge is 2.15. The molecule has 20 heavy (non-hydrogen) atoms. The van der Waals surface area contributed by atoms with Gasteiger partial charge >= 0.3 is 0 Å². The molecule has 0 saturated heterocycles. The number of nitrogens with one attached hydrogen (secondary N) is 1. The van der Waals surface area contributed by atoms with Crippen LogP contribution in [0.2, 0.25) is 0 Å². The Kier molecular flexibility index (Phi) is 4.98. The number of aliphatic hydroxyl groups excluding tert-OH is 1. The van der Waals surface area contributed by atoms with Gasteiger partial charge in [0.2, 0.25) is 10.0 Å². The van der Waals surface area contributed by atoms with Crippen molar-refractivity contribution in [1.82, 2.24) is 4.72 Å². The third kappa shape index (κ3) is 3.89. The van der Waals surface area contributed by atoms with Crippen molar-refractivity contribution in [2.24, 2.45) is 0 Å². The minimum absolute atomic E-state index is 0.159. The molecule has 1 atom stereocenters. The van der Waals surface area contributed by atoms with Crippen LogP contribution in [0, 0.1) is 0 Å². The third-order valence-corrected chi connectivity index (χ3v) is 5.81. The van der Waals surface area contributed by atoms with Crippen molar-refractivity contribution in [2.45, 2.75) is 24.5 Å². The highest BCUT2D eigenvalue weighted by molar-refractivity contribution is 9.10. The maximum absolute atomic E-state index is 12.2. The van der Waals surface area contributed by atoms with E-state index >= 15 is 0 Å². The zero-order chi connectivity index (χ0) is 14.8. The predicted molar refractivity (Wildman–Crippen MR) is 83.1 cm³/mol. The fraction of sp³-hybridized carbons (Fsp3) is 0.231. The molecule has 1 heterocycles. The first-order valence-corrected chi connectivity index (χ1v) is 9.04. The zero-order valence-corrected chi connectivity index (χ0v) is 13.9. The zero-order valence-electron chi connectivity index (χ0n) is 10.7.